The number of rotatable bonds is 3. The molecule has 1 N–H and O–H groups in total. The first-order valence-corrected chi connectivity index (χ1v) is 6.40. The van der Waals surface area contributed by atoms with Gasteiger partial charge in [-0.2, -0.15) is 5.10 Å². The highest BCUT2D eigenvalue weighted by Gasteiger charge is 2.32. The van der Waals surface area contributed by atoms with Crippen molar-refractivity contribution in [3.05, 3.63) is 23.0 Å². The molecule has 96 valence electrons. The van der Waals surface area contributed by atoms with Gasteiger partial charge < -0.3 is 5.11 Å². The number of hydrogen-bond acceptors (Lipinski definition) is 4. The largest absolute Gasteiger partial charge is 0.481 e. The van der Waals surface area contributed by atoms with Crippen LogP contribution in [0.25, 0.3) is 10.6 Å². The standard InChI is InChI=1S/C12H15N3O2S/c1-7-8(5-15(4)14-7)10-13-9(6-18-10)12(2,3)11(16)17/h5-6H,1-4H3,(H,16,17). The van der Waals surface area contributed by atoms with Gasteiger partial charge in [-0.15, -0.1) is 11.3 Å². The number of nitrogens with zero attached hydrogens (tertiary/aromatic N) is 3. The first-order chi connectivity index (χ1) is 8.32. The van der Waals surface area contributed by atoms with Crippen LogP contribution in [-0.4, -0.2) is 25.8 Å². The van der Waals surface area contributed by atoms with Crippen LogP contribution in [-0.2, 0) is 17.3 Å². The molecule has 0 fully saturated rings. The van der Waals surface area contributed by atoms with Crippen LogP contribution in [0.5, 0.6) is 0 Å². The summed E-state index contributed by atoms with van der Waals surface area (Å²) in [5.41, 5.74) is 1.46. The molecular formula is C12H15N3O2S. The molecule has 0 aliphatic rings. The molecule has 2 aromatic rings. The van der Waals surface area contributed by atoms with Crippen molar-refractivity contribution in [3.63, 3.8) is 0 Å². The topological polar surface area (TPSA) is 68.0 Å². The minimum absolute atomic E-state index is 0.582. The lowest BCUT2D eigenvalue weighted by Gasteiger charge is -2.15. The highest BCUT2D eigenvalue weighted by atomic mass is 32.1. The number of carboxylic acids is 1. The summed E-state index contributed by atoms with van der Waals surface area (Å²) in [6.07, 6.45) is 1.89. The molecule has 2 aromatic heterocycles. The Kier molecular flexibility index (Phi) is 2.98. The second-order valence-corrected chi connectivity index (χ2v) is 5.63. The van der Waals surface area contributed by atoms with Crippen LogP contribution in [0.1, 0.15) is 25.2 Å². The number of aryl methyl sites for hydroxylation is 2. The Labute approximate surface area is 109 Å². The zero-order valence-electron chi connectivity index (χ0n) is 10.8. The molecule has 0 bridgehead atoms. The Morgan fingerprint density at radius 3 is 2.67 bits per heavy atom. The van der Waals surface area contributed by atoms with E-state index in [9.17, 15) is 9.90 Å². The van der Waals surface area contributed by atoms with Gasteiger partial charge in [-0.25, -0.2) is 4.98 Å². The molecule has 0 saturated heterocycles. The molecule has 0 spiro atoms. The fourth-order valence-corrected chi connectivity index (χ4v) is 2.65. The Hall–Kier alpha value is -1.69. The van der Waals surface area contributed by atoms with E-state index in [0.29, 0.717) is 5.69 Å². The molecule has 18 heavy (non-hydrogen) atoms. The maximum absolute atomic E-state index is 11.2. The lowest BCUT2D eigenvalue weighted by molar-refractivity contribution is -0.142. The minimum Gasteiger partial charge on any atom is -0.481 e. The molecule has 0 aliphatic carbocycles. The van der Waals surface area contributed by atoms with Gasteiger partial charge in [-0.05, 0) is 20.8 Å². The Balaban J connectivity index is 2.43. The maximum atomic E-state index is 11.2. The zero-order chi connectivity index (χ0) is 13.5. The lowest BCUT2D eigenvalue weighted by Crippen LogP contribution is -2.28. The Morgan fingerprint density at radius 2 is 2.17 bits per heavy atom. The van der Waals surface area contributed by atoms with Gasteiger partial charge in [0.15, 0.2) is 0 Å². The van der Waals surface area contributed by atoms with E-state index in [1.807, 2.05) is 20.2 Å². The van der Waals surface area contributed by atoms with Crippen molar-refractivity contribution in [2.45, 2.75) is 26.2 Å². The van der Waals surface area contributed by atoms with Crippen molar-refractivity contribution in [1.82, 2.24) is 14.8 Å². The third kappa shape index (κ3) is 2.03. The van der Waals surface area contributed by atoms with Crippen molar-refractivity contribution < 1.29 is 9.90 Å². The van der Waals surface area contributed by atoms with Crippen LogP contribution >= 0.6 is 11.3 Å². The van der Waals surface area contributed by atoms with Gasteiger partial charge in [0.25, 0.3) is 0 Å². The summed E-state index contributed by atoms with van der Waals surface area (Å²) in [6, 6.07) is 0. The first-order valence-electron chi connectivity index (χ1n) is 5.52. The summed E-state index contributed by atoms with van der Waals surface area (Å²) in [4.78, 5) is 15.6. The third-order valence-corrected chi connectivity index (χ3v) is 3.80. The van der Waals surface area contributed by atoms with Crippen LogP contribution < -0.4 is 0 Å². The van der Waals surface area contributed by atoms with Crippen LogP contribution in [0.3, 0.4) is 0 Å². The van der Waals surface area contributed by atoms with Crippen molar-refractivity contribution in [3.8, 4) is 10.6 Å². The number of aromatic nitrogens is 3. The van der Waals surface area contributed by atoms with Crippen LogP contribution in [0.4, 0.5) is 0 Å². The Bertz CT molecular complexity index is 598. The van der Waals surface area contributed by atoms with E-state index in [1.165, 1.54) is 11.3 Å². The number of thiazole rings is 1. The molecule has 0 amide bonds. The van der Waals surface area contributed by atoms with E-state index in [2.05, 4.69) is 10.1 Å². The lowest BCUT2D eigenvalue weighted by atomic mass is 9.90. The van der Waals surface area contributed by atoms with Gasteiger partial charge in [0.05, 0.1) is 17.0 Å². The maximum Gasteiger partial charge on any atom is 0.315 e. The van der Waals surface area contributed by atoms with Crippen molar-refractivity contribution in [1.29, 1.82) is 0 Å². The fourth-order valence-electron chi connectivity index (χ4n) is 1.60. The van der Waals surface area contributed by atoms with Gasteiger partial charge in [0.2, 0.25) is 0 Å². The second kappa shape index (κ2) is 4.20. The van der Waals surface area contributed by atoms with Gasteiger partial charge in [-0.1, -0.05) is 0 Å². The van der Waals surface area contributed by atoms with E-state index < -0.39 is 11.4 Å². The summed E-state index contributed by atoms with van der Waals surface area (Å²) in [5, 5.41) is 16.1. The quantitative estimate of drug-likeness (QED) is 0.924. The summed E-state index contributed by atoms with van der Waals surface area (Å²) in [6.45, 7) is 5.23. The molecule has 0 unspecified atom stereocenters. The molecule has 5 nitrogen and oxygen atoms in total. The predicted molar refractivity (Wildman–Crippen MR) is 69.7 cm³/mol. The average Bonchev–Trinajstić information content (AvgIpc) is 2.84. The molecule has 0 aromatic carbocycles. The molecule has 0 atom stereocenters. The summed E-state index contributed by atoms with van der Waals surface area (Å²) >= 11 is 1.45. The van der Waals surface area contributed by atoms with Crippen LogP contribution in [0.2, 0.25) is 0 Å². The zero-order valence-corrected chi connectivity index (χ0v) is 11.6. The van der Waals surface area contributed by atoms with Gasteiger partial charge >= 0.3 is 5.97 Å². The molecule has 6 heteroatoms. The predicted octanol–water partition coefficient (Wildman–Crippen LogP) is 2.21. The molecule has 0 radical (unpaired) electrons. The van der Waals surface area contributed by atoms with E-state index in [0.717, 1.165) is 16.3 Å². The highest BCUT2D eigenvalue weighted by molar-refractivity contribution is 7.13. The number of carbonyl (C=O) groups is 1. The van der Waals surface area contributed by atoms with Gasteiger partial charge in [0.1, 0.15) is 10.4 Å². The highest BCUT2D eigenvalue weighted by Crippen LogP contribution is 2.31. The number of carboxylic acid groups (broad SMARTS) is 1. The smallest absolute Gasteiger partial charge is 0.315 e. The first kappa shape index (κ1) is 12.8. The van der Waals surface area contributed by atoms with Crippen LogP contribution in [0, 0.1) is 6.92 Å². The van der Waals surface area contributed by atoms with E-state index in [-0.39, 0.29) is 0 Å². The second-order valence-electron chi connectivity index (χ2n) is 4.77. The monoisotopic (exact) mass is 265 g/mol. The normalized spacial score (nSPS) is 11.8. The van der Waals surface area contributed by atoms with Crippen LogP contribution in [0.15, 0.2) is 11.6 Å². The summed E-state index contributed by atoms with van der Waals surface area (Å²) in [7, 11) is 1.85. The molecule has 0 saturated carbocycles. The Morgan fingerprint density at radius 1 is 1.50 bits per heavy atom. The summed E-state index contributed by atoms with van der Waals surface area (Å²) in [5.74, 6) is -0.873. The van der Waals surface area contributed by atoms with E-state index in [1.54, 1.807) is 23.9 Å². The average molecular weight is 265 g/mol. The van der Waals surface area contributed by atoms with Gasteiger partial charge in [-0.3, -0.25) is 9.48 Å². The molecular weight excluding hydrogens is 250 g/mol. The van der Waals surface area contributed by atoms with Gasteiger partial charge in [0, 0.05) is 18.6 Å². The minimum atomic E-state index is -0.967. The van der Waals surface area contributed by atoms with E-state index in [4.69, 9.17) is 0 Å². The summed E-state index contributed by atoms with van der Waals surface area (Å²) < 4.78 is 1.73. The molecule has 0 aliphatic heterocycles. The van der Waals surface area contributed by atoms with Crippen molar-refractivity contribution in [2.24, 2.45) is 7.05 Å². The van der Waals surface area contributed by atoms with Crippen molar-refractivity contribution >= 4 is 17.3 Å². The fraction of sp³-hybridized carbons (Fsp3) is 0.417. The van der Waals surface area contributed by atoms with Crippen molar-refractivity contribution in [2.75, 3.05) is 0 Å². The van der Waals surface area contributed by atoms with E-state index >= 15 is 0 Å². The molecule has 2 rings (SSSR count). The molecule has 2 heterocycles. The number of aliphatic carboxylic acids is 1. The SMILES string of the molecule is Cc1nn(C)cc1-c1nc(C(C)(C)C(=O)O)cs1. The number of hydrogen-bond donors (Lipinski definition) is 1. The third-order valence-electron chi connectivity index (χ3n) is 2.92.